The predicted molar refractivity (Wildman–Crippen MR) is 49.6 cm³/mol. The van der Waals surface area contributed by atoms with E-state index in [0.29, 0.717) is 17.6 Å². The van der Waals surface area contributed by atoms with E-state index in [-0.39, 0.29) is 6.42 Å². The predicted octanol–water partition coefficient (Wildman–Crippen LogP) is -0.355. The van der Waals surface area contributed by atoms with E-state index in [1.807, 2.05) is 14.1 Å². The van der Waals surface area contributed by atoms with Gasteiger partial charge in [0.15, 0.2) is 0 Å². The number of rotatable bonds is 2. The normalized spacial score (nSPS) is 36.7. The molecule has 0 spiro atoms. The molecule has 0 amide bonds. The number of hydrogen-bond donors (Lipinski definition) is 2. The molecule has 82 valence electrons. The number of carboxylic acids is 1. The van der Waals surface area contributed by atoms with Crippen molar-refractivity contribution in [1.29, 1.82) is 0 Å². The lowest BCUT2D eigenvalue weighted by Gasteiger charge is -2.44. The van der Waals surface area contributed by atoms with Gasteiger partial charge >= 0.3 is 5.97 Å². The SMILES string of the molecule is CC1(O)C[N+](C)(C)CC(CC(=O)O)O1. The summed E-state index contributed by atoms with van der Waals surface area (Å²) in [5.74, 6) is -2.12. The van der Waals surface area contributed by atoms with Crippen LogP contribution in [0.3, 0.4) is 0 Å². The first-order valence-corrected chi connectivity index (χ1v) is 4.64. The number of ether oxygens (including phenoxy) is 1. The highest BCUT2D eigenvalue weighted by Gasteiger charge is 2.42. The lowest BCUT2D eigenvalue weighted by atomic mass is 10.1. The van der Waals surface area contributed by atoms with Crippen molar-refractivity contribution in [3.8, 4) is 0 Å². The van der Waals surface area contributed by atoms with E-state index in [9.17, 15) is 9.90 Å². The van der Waals surface area contributed by atoms with E-state index >= 15 is 0 Å². The third-order valence-electron chi connectivity index (χ3n) is 2.24. The average molecular weight is 204 g/mol. The zero-order valence-electron chi connectivity index (χ0n) is 8.86. The van der Waals surface area contributed by atoms with Gasteiger partial charge in [-0.15, -0.1) is 0 Å². The third kappa shape index (κ3) is 3.25. The number of aliphatic carboxylic acids is 1. The number of hydrogen-bond acceptors (Lipinski definition) is 3. The molecule has 0 aromatic carbocycles. The molecule has 0 aromatic heterocycles. The van der Waals surface area contributed by atoms with Crippen LogP contribution < -0.4 is 0 Å². The molecule has 2 N–H and O–H groups in total. The highest BCUT2D eigenvalue weighted by atomic mass is 16.6. The number of carbonyl (C=O) groups is 1. The van der Waals surface area contributed by atoms with E-state index in [1.165, 1.54) is 0 Å². The van der Waals surface area contributed by atoms with Crippen LogP contribution in [0.4, 0.5) is 0 Å². The molecule has 1 aliphatic rings. The van der Waals surface area contributed by atoms with Crippen molar-refractivity contribution in [3.63, 3.8) is 0 Å². The second-order valence-electron chi connectivity index (χ2n) is 4.79. The van der Waals surface area contributed by atoms with Gasteiger partial charge in [-0.3, -0.25) is 4.79 Å². The quantitative estimate of drug-likeness (QED) is 0.603. The molecule has 5 heteroatoms. The van der Waals surface area contributed by atoms with E-state index in [0.717, 1.165) is 0 Å². The molecular formula is C9H18NO4+. The fraction of sp³-hybridized carbons (Fsp3) is 0.889. The first kappa shape index (κ1) is 11.4. The first-order valence-electron chi connectivity index (χ1n) is 4.64. The molecule has 1 heterocycles. The van der Waals surface area contributed by atoms with Crippen LogP contribution in [0.1, 0.15) is 13.3 Å². The van der Waals surface area contributed by atoms with Crippen molar-refractivity contribution in [2.45, 2.75) is 25.2 Å². The van der Waals surface area contributed by atoms with E-state index < -0.39 is 17.9 Å². The minimum Gasteiger partial charge on any atom is -0.481 e. The van der Waals surface area contributed by atoms with Gasteiger partial charge in [-0.05, 0) is 6.92 Å². The highest BCUT2D eigenvalue weighted by molar-refractivity contribution is 5.67. The van der Waals surface area contributed by atoms with Crippen molar-refractivity contribution in [2.75, 3.05) is 27.2 Å². The van der Waals surface area contributed by atoms with E-state index in [4.69, 9.17) is 9.84 Å². The van der Waals surface area contributed by atoms with Crippen LogP contribution in [0, 0.1) is 0 Å². The Kier molecular flexibility index (Phi) is 2.85. The summed E-state index contributed by atoms with van der Waals surface area (Å²) in [4.78, 5) is 10.5. The number of likely N-dealkylation sites (N-methyl/N-ethyl adjacent to an activating group) is 1. The van der Waals surface area contributed by atoms with Gasteiger partial charge in [-0.1, -0.05) is 0 Å². The highest BCUT2D eigenvalue weighted by Crippen LogP contribution is 2.23. The standard InChI is InChI=1S/C9H17NO4/c1-9(13)6-10(2,3)5-7(14-9)4-8(11)12/h7,13H,4-6H2,1-3H3/p+1. The lowest BCUT2D eigenvalue weighted by molar-refractivity contribution is -0.914. The van der Waals surface area contributed by atoms with Crippen LogP contribution in [0.25, 0.3) is 0 Å². The van der Waals surface area contributed by atoms with Crippen molar-refractivity contribution in [2.24, 2.45) is 0 Å². The van der Waals surface area contributed by atoms with Crippen molar-refractivity contribution in [3.05, 3.63) is 0 Å². The summed E-state index contributed by atoms with van der Waals surface area (Å²) in [7, 11) is 3.90. The summed E-state index contributed by atoms with van der Waals surface area (Å²) in [5.41, 5.74) is 0. The number of morpholine rings is 1. The van der Waals surface area contributed by atoms with E-state index in [1.54, 1.807) is 6.92 Å². The molecular weight excluding hydrogens is 186 g/mol. The molecule has 2 unspecified atom stereocenters. The summed E-state index contributed by atoms with van der Waals surface area (Å²) in [6, 6.07) is 0. The van der Waals surface area contributed by atoms with Gasteiger partial charge in [0.2, 0.25) is 5.79 Å². The van der Waals surface area contributed by atoms with Crippen LogP contribution in [0.5, 0.6) is 0 Å². The van der Waals surface area contributed by atoms with Crippen molar-refractivity contribution < 1.29 is 24.2 Å². The Morgan fingerprint density at radius 3 is 2.64 bits per heavy atom. The Labute approximate surface area is 83.5 Å². The maximum atomic E-state index is 10.5. The monoisotopic (exact) mass is 204 g/mol. The number of carboxylic acid groups (broad SMARTS) is 1. The zero-order valence-corrected chi connectivity index (χ0v) is 8.86. The molecule has 0 bridgehead atoms. The summed E-state index contributed by atoms with van der Waals surface area (Å²) in [6.45, 7) is 2.66. The second-order valence-corrected chi connectivity index (χ2v) is 4.79. The van der Waals surface area contributed by atoms with Crippen LogP contribution in [0.15, 0.2) is 0 Å². The fourth-order valence-electron chi connectivity index (χ4n) is 2.14. The molecule has 5 nitrogen and oxygen atoms in total. The molecule has 2 atom stereocenters. The largest absolute Gasteiger partial charge is 0.481 e. The molecule has 1 aliphatic heterocycles. The lowest BCUT2D eigenvalue weighted by Crippen LogP contribution is -2.61. The van der Waals surface area contributed by atoms with E-state index in [2.05, 4.69) is 0 Å². The number of nitrogens with zero attached hydrogens (tertiary/aromatic N) is 1. The Balaban J connectivity index is 2.66. The molecule has 14 heavy (non-hydrogen) atoms. The smallest absolute Gasteiger partial charge is 0.306 e. The van der Waals surface area contributed by atoms with Crippen molar-refractivity contribution >= 4 is 5.97 Å². The van der Waals surface area contributed by atoms with Gasteiger partial charge in [0.05, 0.1) is 20.5 Å². The number of quaternary nitrogens is 1. The van der Waals surface area contributed by atoms with Crippen LogP contribution in [-0.2, 0) is 9.53 Å². The summed E-state index contributed by atoms with van der Waals surface area (Å²) >= 11 is 0. The maximum Gasteiger partial charge on any atom is 0.306 e. The summed E-state index contributed by atoms with van der Waals surface area (Å²) in [6.07, 6.45) is -0.469. The van der Waals surface area contributed by atoms with Gasteiger partial charge in [-0.25, -0.2) is 0 Å². The third-order valence-corrected chi connectivity index (χ3v) is 2.24. The van der Waals surface area contributed by atoms with Gasteiger partial charge < -0.3 is 19.4 Å². The van der Waals surface area contributed by atoms with Crippen LogP contribution in [-0.4, -0.2) is 59.7 Å². The molecule has 0 aliphatic carbocycles. The summed E-state index contributed by atoms with van der Waals surface area (Å²) < 4.78 is 5.85. The molecule has 1 rings (SSSR count). The average Bonchev–Trinajstić information content (AvgIpc) is 1.74. The zero-order chi connectivity index (χ0) is 11.0. The van der Waals surface area contributed by atoms with Crippen LogP contribution in [0.2, 0.25) is 0 Å². The van der Waals surface area contributed by atoms with Crippen molar-refractivity contribution in [1.82, 2.24) is 0 Å². The van der Waals surface area contributed by atoms with Gasteiger partial charge in [0.25, 0.3) is 0 Å². The van der Waals surface area contributed by atoms with Crippen LogP contribution >= 0.6 is 0 Å². The Morgan fingerprint density at radius 2 is 2.21 bits per heavy atom. The van der Waals surface area contributed by atoms with Gasteiger partial charge in [0, 0.05) is 0 Å². The number of aliphatic hydroxyl groups is 1. The van der Waals surface area contributed by atoms with Gasteiger partial charge in [-0.2, -0.15) is 0 Å². The fourth-order valence-corrected chi connectivity index (χ4v) is 2.14. The maximum absolute atomic E-state index is 10.5. The Hall–Kier alpha value is -0.650. The molecule has 0 radical (unpaired) electrons. The minimum atomic E-state index is -1.22. The van der Waals surface area contributed by atoms with Gasteiger partial charge in [0.1, 0.15) is 19.2 Å². The molecule has 0 saturated carbocycles. The molecule has 1 saturated heterocycles. The summed E-state index contributed by atoms with van der Waals surface area (Å²) in [5, 5.41) is 18.4. The topological polar surface area (TPSA) is 66.8 Å². The second kappa shape index (κ2) is 3.49. The molecule has 1 fully saturated rings. The Bertz CT molecular complexity index is 221. The first-order chi connectivity index (χ1) is 6.20. The molecule has 0 aromatic rings. The Morgan fingerprint density at radius 1 is 1.64 bits per heavy atom. The minimum absolute atomic E-state index is 0.0577.